The first-order chi connectivity index (χ1) is 8.37. The van der Waals surface area contributed by atoms with Gasteiger partial charge in [0.2, 0.25) is 11.8 Å². The summed E-state index contributed by atoms with van der Waals surface area (Å²) in [4.78, 5) is 25.1. The van der Waals surface area contributed by atoms with Crippen molar-refractivity contribution in [1.29, 1.82) is 0 Å². The van der Waals surface area contributed by atoms with E-state index in [0.29, 0.717) is 12.5 Å². The molecule has 0 radical (unpaired) electrons. The smallest absolute Gasteiger partial charge is 0.242 e. The number of carbonyl (C=O) groups is 2. The molecule has 0 aromatic heterocycles. The Morgan fingerprint density at radius 3 is 2.44 bits per heavy atom. The molecule has 1 saturated carbocycles. The van der Waals surface area contributed by atoms with E-state index >= 15 is 0 Å². The average Bonchev–Trinajstić information content (AvgIpc) is 2.30. The Bertz CT molecular complexity index is 359. The van der Waals surface area contributed by atoms with Gasteiger partial charge in [0.25, 0.3) is 0 Å². The van der Waals surface area contributed by atoms with Crippen LogP contribution in [0.15, 0.2) is 0 Å². The van der Waals surface area contributed by atoms with Gasteiger partial charge in [0, 0.05) is 6.54 Å². The van der Waals surface area contributed by atoms with Gasteiger partial charge in [-0.15, -0.1) is 0 Å². The Morgan fingerprint density at radius 2 is 2.06 bits per heavy atom. The van der Waals surface area contributed by atoms with Crippen molar-refractivity contribution >= 4 is 11.8 Å². The highest BCUT2D eigenvalue weighted by atomic mass is 16.3. The maximum atomic E-state index is 12.3. The quantitative estimate of drug-likeness (QED) is 0.709. The summed E-state index contributed by atoms with van der Waals surface area (Å²) in [7, 11) is 0. The van der Waals surface area contributed by atoms with E-state index in [1.165, 1.54) is 11.8 Å². The maximum Gasteiger partial charge on any atom is 0.242 e. The molecule has 5 heteroatoms. The zero-order valence-electron chi connectivity index (χ0n) is 11.1. The molecule has 1 aliphatic heterocycles. The van der Waals surface area contributed by atoms with Crippen molar-refractivity contribution in [2.24, 2.45) is 17.1 Å². The molecule has 2 rings (SSSR count). The molecule has 1 spiro atoms. The van der Waals surface area contributed by atoms with Gasteiger partial charge in [0.05, 0.1) is 11.5 Å². The highest BCUT2D eigenvalue weighted by Crippen LogP contribution is 2.47. The number of likely N-dealkylation sites (tertiary alicyclic amines) is 1. The van der Waals surface area contributed by atoms with Gasteiger partial charge in [-0.05, 0) is 38.5 Å². The number of carbonyl (C=O) groups excluding carboxylic acids is 2. The van der Waals surface area contributed by atoms with Gasteiger partial charge in [-0.25, -0.2) is 0 Å². The molecular weight excluding hydrogens is 232 g/mol. The van der Waals surface area contributed by atoms with E-state index in [-0.39, 0.29) is 11.3 Å². The van der Waals surface area contributed by atoms with Crippen molar-refractivity contribution < 1.29 is 14.7 Å². The molecule has 1 heterocycles. The lowest BCUT2D eigenvalue weighted by molar-refractivity contribution is -0.175. The number of primary amides is 1. The van der Waals surface area contributed by atoms with Crippen LogP contribution in [0.2, 0.25) is 0 Å². The zero-order valence-corrected chi connectivity index (χ0v) is 11.1. The maximum absolute atomic E-state index is 12.3. The fraction of sp³-hybridized carbons (Fsp3) is 0.846. The van der Waals surface area contributed by atoms with E-state index < -0.39 is 18.1 Å². The second-order valence-corrected chi connectivity index (χ2v) is 5.98. The van der Waals surface area contributed by atoms with Crippen molar-refractivity contribution in [2.45, 2.75) is 51.7 Å². The molecule has 2 atom stereocenters. The Labute approximate surface area is 107 Å². The number of hydrogen-bond acceptors (Lipinski definition) is 3. The third-order valence-electron chi connectivity index (χ3n) is 4.50. The number of nitrogens with two attached hydrogens (primary N) is 1. The van der Waals surface area contributed by atoms with Crippen molar-refractivity contribution in [3.63, 3.8) is 0 Å². The molecule has 0 aromatic carbocycles. The van der Waals surface area contributed by atoms with Crippen LogP contribution >= 0.6 is 0 Å². The summed E-state index contributed by atoms with van der Waals surface area (Å²) in [6, 6.07) is -0.873. The first kappa shape index (κ1) is 13.3. The Hall–Kier alpha value is -1.10. The number of nitrogens with zero attached hydrogens (tertiary/aromatic N) is 1. The van der Waals surface area contributed by atoms with Crippen LogP contribution in [0, 0.1) is 11.3 Å². The summed E-state index contributed by atoms with van der Waals surface area (Å²) in [6.07, 6.45) is 3.01. The fourth-order valence-corrected chi connectivity index (χ4v) is 3.24. The Morgan fingerprint density at radius 1 is 1.50 bits per heavy atom. The second kappa shape index (κ2) is 4.53. The SMILES string of the molecule is CC1CCC2(CC1)CN(C(C(N)=O)[C@@H](C)O)C2=O. The van der Waals surface area contributed by atoms with Crippen LogP contribution in [0.4, 0.5) is 0 Å². The first-order valence-corrected chi connectivity index (χ1v) is 6.66. The van der Waals surface area contributed by atoms with E-state index in [1.807, 2.05) is 0 Å². The van der Waals surface area contributed by atoms with Crippen molar-refractivity contribution in [3.05, 3.63) is 0 Å². The zero-order chi connectivity index (χ0) is 13.5. The van der Waals surface area contributed by atoms with Crippen LogP contribution in [0.25, 0.3) is 0 Å². The minimum atomic E-state index is -0.911. The van der Waals surface area contributed by atoms with E-state index in [1.54, 1.807) is 0 Å². The molecule has 1 aliphatic carbocycles. The topological polar surface area (TPSA) is 83.6 Å². The van der Waals surface area contributed by atoms with Crippen LogP contribution in [0.1, 0.15) is 39.5 Å². The highest BCUT2D eigenvalue weighted by molar-refractivity contribution is 5.94. The summed E-state index contributed by atoms with van der Waals surface area (Å²) in [5.41, 5.74) is 4.99. The minimum absolute atomic E-state index is 0.000833. The van der Waals surface area contributed by atoms with Crippen LogP contribution in [-0.4, -0.2) is 40.5 Å². The van der Waals surface area contributed by atoms with Gasteiger partial charge >= 0.3 is 0 Å². The average molecular weight is 254 g/mol. The second-order valence-electron chi connectivity index (χ2n) is 5.98. The molecule has 0 aromatic rings. The van der Waals surface area contributed by atoms with Gasteiger partial charge in [-0.3, -0.25) is 9.59 Å². The fourth-order valence-electron chi connectivity index (χ4n) is 3.24. The molecule has 0 bridgehead atoms. The van der Waals surface area contributed by atoms with Gasteiger partial charge in [-0.1, -0.05) is 6.92 Å². The van der Waals surface area contributed by atoms with Gasteiger partial charge < -0.3 is 15.7 Å². The van der Waals surface area contributed by atoms with Gasteiger partial charge in [-0.2, -0.15) is 0 Å². The van der Waals surface area contributed by atoms with E-state index in [2.05, 4.69) is 6.92 Å². The third-order valence-corrected chi connectivity index (χ3v) is 4.50. The van der Waals surface area contributed by atoms with E-state index in [4.69, 9.17) is 5.73 Å². The lowest BCUT2D eigenvalue weighted by atomic mass is 9.65. The predicted octanol–water partition coefficient (Wildman–Crippen LogP) is 0.260. The molecule has 2 amide bonds. The summed E-state index contributed by atoms with van der Waals surface area (Å²) in [5.74, 6) is 0.0534. The summed E-state index contributed by atoms with van der Waals surface area (Å²) < 4.78 is 0. The van der Waals surface area contributed by atoms with Gasteiger partial charge in [0.1, 0.15) is 6.04 Å². The van der Waals surface area contributed by atoms with Crippen LogP contribution in [0.5, 0.6) is 0 Å². The van der Waals surface area contributed by atoms with Crippen LogP contribution in [0.3, 0.4) is 0 Å². The minimum Gasteiger partial charge on any atom is -0.391 e. The van der Waals surface area contributed by atoms with Crippen molar-refractivity contribution in [3.8, 4) is 0 Å². The highest BCUT2D eigenvalue weighted by Gasteiger charge is 2.56. The monoisotopic (exact) mass is 254 g/mol. The number of aliphatic hydroxyl groups excluding tert-OH is 1. The summed E-state index contributed by atoms with van der Waals surface area (Å²) in [5, 5.41) is 9.57. The molecule has 1 saturated heterocycles. The number of rotatable bonds is 3. The van der Waals surface area contributed by atoms with E-state index in [9.17, 15) is 14.7 Å². The van der Waals surface area contributed by atoms with Gasteiger partial charge in [0.15, 0.2) is 0 Å². The molecular formula is C13H22N2O3. The molecule has 18 heavy (non-hydrogen) atoms. The molecule has 2 fully saturated rings. The number of aliphatic hydroxyl groups is 1. The molecule has 2 aliphatic rings. The molecule has 5 nitrogen and oxygen atoms in total. The van der Waals surface area contributed by atoms with Crippen LogP contribution < -0.4 is 5.73 Å². The number of amides is 2. The normalized spacial score (nSPS) is 35.2. The largest absolute Gasteiger partial charge is 0.391 e. The van der Waals surface area contributed by atoms with Crippen LogP contribution in [-0.2, 0) is 9.59 Å². The van der Waals surface area contributed by atoms with E-state index in [0.717, 1.165) is 25.7 Å². The van der Waals surface area contributed by atoms with Crippen molar-refractivity contribution in [1.82, 2.24) is 4.90 Å². The predicted molar refractivity (Wildman–Crippen MR) is 66.4 cm³/mol. The Balaban J connectivity index is 2.05. The lowest BCUT2D eigenvalue weighted by Gasteiger charge is -2.54. The number of hydrogen-bond donors (Lipinski definition) is 2. The summed E-state index contributed by atoms with van der Waals surface area (Å²) in [6.45, 7) is 4.27. The lowest BCUT2D eigenvalue weighted by Crippen LogP contribution is -2.69. The molecule has 102 valence electrons. The third kappa shape index (κ3) is 2.00. The first-order valence-electron chi connectivity index (χ1n) is 6.66. The van der Waals surface area contributed by atoms with Crippen molar-refractivity contribution in [2.75, 3.05) is 6.54 Å². The molecule has 1 unspecified atom stereocenters. The Kier molecular flexibility index (Phi) is 3.36. The molecule has 3 N–H and O–H groups in total. The standard InChI is InChI=1S/C13H22N2O3/c1-8-3-5-13(6-4-8)7-15(12(13)18)10(9(2)16)11(14)17/h8-10,16H,3-7H2,1-2H3,(H2,14,17)/t8?,9-,10?,13?/m1/s1. The number of β-lactam (4-membered cyclic amide) rings is 1. The summed E-state index contributed by atoms with van der Waals surface area (Å²) >= 11 is 0.